The molecule has 0 bridgehead atoms. The van der Waals surface area contributed by atoms with Crippen LogP contribution in [0.4, 0.5) is 5.82 Å². The maximum Gasteiger partial charge on any atom is 0.129 e. The standard InChI is InChI=1S/C17H21N3S/c1-2-16(21-9-1)12-20(15-6-7-15)17-8-3-13(11-19-17)10-18-14-4-5-14/h1-3,8-9,11,14-15,18H,4-7,10,12H2. The molecular weight excluding hydrogens is 278 g/mol. The maximum absolute atomic E-state index is 4.71. The predicted octanol–water partition coefficient (Wildman–Crippen LogP) is 3.56. The van der Waals surface area contributed by atoms with Gasteiger partial charge in [0, 0.05) is 29.7 Å². The topological polar surface area (TPSA) is 28.2 Å². The fraction of sp³-hybridized carbons (Fsp3) is 0.471. The number of hydrogen-bond donors (Lipinski definition) is 1. The molecule has 110 valence electrons. The number of nitrogens with zero attached hydrogens (tertiary/aromatic N) is 2. The second kappa shape index (κ2) is 5.78. The minimum Gasteiger partial charge on any atom is -0.348 e. The molecule has 2 aromatic rings. The van der Waals surface area contributed by atoms with Gasteiger partial charge >= 0.3 is 0 Å². The molecule has 2 saturated carbocycles. The summed E-state index contributed by atoms with van der Waals surface area (Å²) in [7, 11) is 0. The molecule has 2 heterocycles. The van der Waals surface area contributed by atoms with Crippen molar-refractivity contribution < 1.29 is 0 Å². The van der Waals surface area contributed by atoms with Gasteiger partial charge in [0.2, 0.25) is 0 Å². The molecule has 0 spiro atoms. The van der Waals surface area contributed by atoms with E-state index in [0.29, 0.717) is 6.04 Å². The zero-order valence-corrected chi connectivity index (χ0v) is 13.0. The van der Waals surface area contributed by atoms with Crippen molar-refractivity contribution in [1.82, 2.24) is 10.3 Å². The molecule has 0 saturated heterocycles. The molecule has 21 heavy (non-hydrogen) atoms. The second-order valence-corrected chi connectivity index (χ2v) is 7.15. The van der Waals surface area contributed by atoms with Crippen molar-refractivity contribution in [2.24, 2.45) is 0 Å². The first-order valence-corrected chi connectivity index (χ1v) is 8.74. The molecule has 2 aliphatic rings. The van der Waals surface area contributed by atoms with Crippen molar-refractivity contribution in [3.63, 3.8) is 0 Å². The van der Waals surface area contributed by atoms with Gasteiger partial charge in [0.25, 0.3) is 0 Å². The Kier molecular flexibility index (Phi) is 3.65. The first kappa shape index (κ1) is 13.3. The number of hydrogen-bond acceptors (Lipinski definition) is 4. The molecule has 0 aliphatic heterocycles. The van der Waals surface area contributed by atoms with Crippen molar-refractivity contribution in [3.05, 3.63) is 46.3 Å². The predicted molar refractivity (Wildman–Crippen MR) is 87.6 cm³/mol. The molecular formula is C17H21N3S. The third-order valence-electron chi connectivity index (χ3n) is 4.17. The van der Waals surface area contributed by atoms with Crippen LogP contribution >= 0.6 is 11.3 Å². The SMILES string of the molecule is c1csc(CN(c2ccc(CNC3CC3)cn2)C2CC2)c1. The van der Waals surface area contributed by atoms with E-state index in [4.69, 9.17) is 4.98 Å². The number of thiophene rings is 1. The summed E-state index contributed by atoms with van der Waals surface area (Å²) >= 11 is 1.83. The largest absolute Gasteiger partial charge is 0.348 e. The Bertz CT molecular complexity index is 571. The fourth-order valence-corrected chi connectivity index (χ4v) is 3.30. The zero-order chi connectivity index (χ0) is 14.1. The quantitative estimate of drug-likeness (QED) is 0.847. The van der Waals surface area contributed by atoms with Crippen LogP contribution in [-0.4, -0.2) is 17.1 Å². The van der Waals surface area contributed by atoms with Gasteiger partial charge in [0.05, 0.1) is 6.54 Å². The van der Waals surface area contributed by atoms with Gasteiger partial charge in [-0.05, 0) is 48.8 Å². The first-order valence-electron chi connectivity index (χ1n) is 7.86. The van der Waals surface area contributed by atoms with Gasteiger partial charge in [0.15, 0.2) is 0 Å². The molecule has 4 rings (SSSR count). The van der Waals surface area contributed by atoms with Gasteiger partial charge in [-0.3, -0.25) is 0 Å². The van der Waals surface area contributed by atoms with Crippen molar-refractivity contribution in [1.29, 1.82) is 0 Å². The van der Waals surface area contributed by atoms with E-state index in [2.05, 4.69) is 39.9 Å². The average Bonchev–Trinajstić information content (AvgIpc) is 3.44. The number of rotatable bonds is 7. The fourth-order valence-electron chi connectivity index (χ4n) is 2.59. The molecule has 3 nitrogen and oxygen atoms in total. The zero-order valence-electron chi connectivity index (χ0n) is 12.2. The van der Waals surface area contributed by atoms with Crippen molar-refractivity contribution in [3.8, 4) is 0 Å². The van der Waals surface area contributed by atoms with Crippen LogP contribution in [0.2, 0.25) is 0 Å². The summed E-state index contributed by atoms with van der Waals surface area (Å²) in [6, 6.07) is 10.2. The summed E-state index contributed by atoms with van der Waals surface area (Å²) in [4.78, 5) is 8.59. The highest BCUT2D eigenvalue weighted by molar-refractivity contribution is 7.09. The van der Waals surface area contributed by atoms with E-state index in [-0.39, 0.29) is 0 Å². The monoisotopic (exact) mass is 299 g/mol. The van der Waals surface area contributed by atoms with E-state index in [1.165, 1.54) is 36.1 Å². The average molecular weight is 299 g/mol. The molecule has 4 heteroatoms. The third-order valence-corrected chi connectivity index (χ3v) is 5.03. The lowest BCUT2D eigenvalue weighted by molar-refractivity contribution is 0.685. The van der Waals surface area contributed by atoms with Crippen LogP contribution in [0, 0.1) is 0 Å². The maximum atomic E-state index is 4.71. The van der Waals surface area contributed by atoms with E-state index in [0.717, 1.165) is 24.9 Å². The molecule has 0 atom stereocenters. The summed E-state index contributed by atoms with van der Waals surface area (Å²) < 4.78 is 0. The lowest BCUT2D eigenvalue weighted by atomic mass is 10.2. The van der Waals surface area contributed by atoms with Gasteiger partial charge in [-0.2, -0.15) is 0 Å². The summed E-state index contributed by atoms with van der Waals surface area (Å²) in [5.41, 5.74) is 1.29. The lowest BCUT2D eigenvalue weighted by Gasteiger charge is -2.23. The van der Waals surface area contributed by atoms with Gasteiger partial charge in [-0.15, -0.1) is 11.3 Å². The van der Waals surface area contributed by atoms with Crippen molar-refractivity contribution in [2.75, 3.05) is 4.90 Å². The Labute approximate surface area is 130 Å². The van der Waals surface area contributed by atoms with Crippen LogP contribution in [0.3, 0.4) is 0 Å². The molecule has 0 amide bonds. The van der Waals surface area contributed by atoms with E-state index < -0.39 is 0 Å². The summed E-state index contributed by atoms with van der Waals surface area (Å²) in [6.07, 6.45) is 7.31. The van der Waals surface area contributed by atoms with Crippen LogP contribution in [0.5, 0.6) is 0 Å². The van der Waals surface area contributed by atoms with Crippen LogP contribution in [0.1, 0.15) is 36.1 Å². The normalized spacial score (nSPS) is 17.9. The van der Waals surface area contributed by atoms with E-state index >= 15 is 0 Å². The number of aromatic nitrogens is 1. The van der Waals surface area contributed by atoms with Gasteiger partial charge < -0.3 is 10.2 Å². The molecule has 0 aromatic carbocycles. The molecule has 2 aliphatic carbocycles. The lowest BCUT2D eigenvalue weighted by Crippen LogP contribution is -2.25. The van der Waals surface area contributed by atoms with Gasteiger partial charge in [-0.25, -0.2) is 4.98 Å². The van der Waals surface area contributed by atoms with E-state index in [9.17, 15) is 0 Å². The summed E-state index contributed by atoms with van der Waals surface area (Å²) in [5.74, 6) is 1.13. The van der Waals surface area contributed by atoms with Crippen molar-refractivity contribution >= 4 is 17.2 Å². The Morgan fingerprint density at radius 2 is 2.10 bits per heavy atom. The molecule has 0 unspecified atom stereocenters. The van der Waals surface area contributed by atoms with Gasteiger partial charge in [-0.1, -0.05) is 12.1 Å². The summed E-state index contributed by atoms with van der Waals surface area (Å²) in [5, 5.41) is 5.69. The van der Waals surface area contributed by atoms with Crippen molar-refractivity contribution in [2.45, 2.75) is 50.9 Å². The second-order valence-electron chi connectivity index (χ2n) is 6.12. The highest BCUT2D eigenvalue weighted by Gasteiger charge is 2.30. The van der Waals surface area contributed by atoms with E-state index in [1.807, 2.05) is 17.5 Å². The first-order chi connectivity index (χ1) is 10.4. The Balaban J connectivity index is 1.44. The minimum atomic E-state index is 0.690. The number of nitrogens with one attached hydrogen (secondary N) is 1. The number of anilines is 1. The highest BCUT2D eigenvalue weighted by atomic mass is 32.1. The highest BCUT2D eigenvalue weighted by Crippen LogP contribution is 2.32. The van der Waals surface area contributed by atoms with Gasteiger partial charge in [0.1, 0.15) is 5.82 Å². The molecule has 2 aromatic heterocycles. The van der Waals surface area contributed by atoms with Crippen LogP contribution in [-0.2, 0) is 13.1 Å². The molecule has 0 radical (unpaired) electrons. The molecule has 2 fully saturated rings. The smallest absolute Gasteiger partial charge is 0.129 e. The third kappa shape index (κ3) is 3.44. The summed E-state index contributed by atoms with van der Waals surface area (Å²) in [6.45, 7) is 1.95. The van der Waals surface area contributed by atoms with Crippen LogP contribution in [0.25, 0.3) is 0 Å². The minimum absolute atomic E-state index is 0.690. The van der Waals surface area contributed by atoms with Crippen LogP contribution < -0.4 is 10.2 Å². The Hall–Kier alpha value is -1.39. The van der Waals surface area contributed by atoms with E-state index in [1.54, 1.807) is 0 Å². The molecule has 1 N–H and O–H groups in total. The van der Waals surface area contributed by atoms with Crippen LogP contribution in [0.15, 0.2) is 35.8 Å². The Morgan fingerprint density at radius 1 is 1.19 bits per heavy atom. The number of pyridine rings is 1. The Morgan fingerprint density at radius 3 is 2.71 bits per heavy atom.